The van der Waals surface area contributed by atoms with Crippen LogP contribution in [0.5, 0.6) is 0 Å². The topological polar surface area (TPSA) is 84.2 Å². The van der Waals surface area contributed by atoms with E-state index in [1.807, 2.05) is 11.4 Å². The fourth-order valence-corrected chi connectivity index (χ4v) is 3.29. The van der Waals surface area contributed by atoms with Gasteiger partial charge in [-0.1, -0.05) is 12.5 Å². The number of nitrogens with one attached hydrogen (secondary N) is 2. The lowest BCUT2D eigenvalue weighted by atomic mass is 9.95. The molecule has 0 spiro atoms. The van der Waals surface area contributed by atoms with Gasteiger partial charge in [-0.15, -0.1) is 23.7 Å². The number of nitrogens with two attached hydrogens (primary N) is 1. The fraction of sp³-hybridized carbons (Fsp3) is 0.571. The normalized spacial score (nSPS) is 20.6. The number of amides is 2. The molecule has 1 aliphatic carbocycles. The number of thiophene rings is 1. The van der Waals surface area contributed by atoms with E-state index in [9.17, 15) is 9.59 Å². The Morgan fingerprint density at radius 2 is 2.05 bits per heavy atom. The Hall–Kier alpha value is -1.11. The van der Waals surface area contributed by atoms with Crippen LogP contribution in [0.25, 0.3) is 0 Å². The Bertz CT molecular complexity index is 453. The van der Waals surface area contributed by atoms with Crippen molar-refractivity contribution in [3.8, 4) is 0 Å². The van der Waals surface area contributed by atoms with Gasteiger partial charge in [-0.05, 0) is 36.8 Å². The first kappa shape index (κ1) is 17.9. The molecule has 0 saturated heterocycles. The van der Waals surface area contributed by atoms with Crippen LogP contribution in [0.1, 0.15) is 28.9 Å². The van der Waals surface area contributed by atoms with Crippen LogP contribution >= 0.6 is 23.7 Å². The molecule has 21 heavy (non-hydrogen) atoms. The van der Waals surface area contributed by atoms with E-state index in [2.05, 4.69) is 10.6 Å². The summed E-state index contributed by atoms with van der Waals surface area (Å²) in [7, 11) is 0. The maximum absolute atomic E-state index is 12.0. The number of halogens is 1. The van der Waals surface area contributed by atoms with Gasteiger partial charge in [0.05, 0.1) is 4.88 Å². The van der Waals surface area contributed by atoms with Gasteiger partial charge in [0.2, 0.25) is 5.91 Å². The zero-order valence-electron chi connectivity index (χ0n) is 11.8. The molecule has 0 bridgehead atoms. The lowest BCUT2D eigenvalue weighted by Gasteiger charge is -2.17. The van der Waals surface area contributed by atoms with E-state index < -0.39 is 0 Å². The molecule has 0 unspecified atom stereocenters. The third kappa shape index (κ3) is 4.98. The van der Waals surface area contributed by atoms with Gasteiger partial charge in [0.15, 0.2) is 0 Å². The monoisotopic (exact) mass is 331 g/mol. The van der Waals surface area contributed by atoms with Crippen molar-refractivity contribution in [1.82, 2.24) is 10.6 Å². The van der Waals surface area contributed by atoms with E-state index in [1.54, 1.807) is 6.07 Å². The molecular weight excluding hydrogens is 310 g/mol. The van der Waals surface area contributed by atoms with Crippen LogP contribution in [0.4, 0.5) is 0 Å². The van der Waals surface area contributed by atoms with Gasteiger partial charge in [-0.25, -0.2) is 0 Å². The molecule has 4 N–H and O–H groups in total. The van der Waals surface area contributed by atoms with E-state index in [4.69, 9.17) is 5.73 Å². The molecule has 1 aromatic rings. The molecule has 2 amide bonds. The zero-order valence-corrected chi connectivity index (χ0v) is 13.5. The van der Waals surface area contributed by atoms with Crippen LogP contribution in [-0.4, -0.2) is 31.4 Å². The van der Waals surface area contributed by atoms with Crippen molar-refractivity contribution in [1.29, 1.82) is 0 Å². The third-order valence-corrected chi connectivity index (χ3v) is 4.62. The Labute approximate surface area is 135 Å². The van der Waals surface area contributed by atoms with Crippen LogP contribution in [0.3, 0.4) is 0 Å². The molecule has 1 heterocycles. The first-order chi connectivity index (χ1) is 9.72. The predicted octanol–water partition coefficient (Wildman–Crippen LogP) is 1.39. The second kappa shape index (κ2) is 9.02. The van der Waals surface area contributed by atoms with Crippen LogP contribution < -0.4 is 16.4 Å². The molecule has 1 fully saturated rings. The molecule has 1 saturated carbocycles. The number of rotatable bonds is 6. The second-order valence-corrected chi connectivity index (χ2v) is 6.01. The van der Waals surface area contributed by atoms with E-state index in [-0.39, 0.29) is 30.1 Å². The first-order valence-corrected chi connectivity index (χ1v) is 7.90. The summed E-state index contributed by atoms with van der Waals surface area (Å²) in [6, 6.07) is 3.62. The highest BCUT2D eigenvalue weighted by Gasteiger charge is 2.31. The summed E-state index contributed by atoms with van der Waals surface area (Å²) in [6.45, 7) is 1.49. The summed E-state index contributed by atoms with van der Waals surface area (Å²) in [5, 5.41) is 7.54. The molecular formula is C14H22ClN3O2S. The molecule has 0 radical (unpaired) electrons. The Morgan fingerprint density at radius 1 is 1.29 bits per heavy atom. The summed E-state index contributed by atoms with van der Waals surface area (Å²) in [6.07, 6.45) is 3.05. The molecule has 0 aromatic carbocycles. The molecule has 2 atom stereocenters. The highest BCUT2D eigenvalue weighted by atomic mass is 35.5. The number of hydrogen-bond acceptors (Lipinski definition) is 4. The Morgan fingerprint density at radius 3 is 2.71 bits per heavy atom. The van der Waals surface area contributed by atoms with Crippen LogP contribution in [0.15, 0.2) is 17.5 Å². The van der Waals surface area contributed by atoms with Crippen molar-refractivity contribution >= 4 is 35.6 Å². The van der Waals surface area contributed by atoms with Gasteiger partial charge in [0.25, 0.3) is 5.91 Å². The summed E-state index contributed by atoms with van der Waals surface area (Å²) < 4.78 is 0. The van der Waals surface area contributed by atoms with E-state index >= 15 is 0 Å². The van der Waals surface area contributed by atoms with Gasteiger partial charge in [0.1, 0.15) is 0 Å². The van der Waals surface area contributed by atoms with Crippen molar-refractivity contribution in [2.45, 2.75) is 19.3 Å². The second-order valence-electron chi connectivity index (χ2n) is 5.06. The van der Waals surface area contributed by atoms with Crippen LogP contribution in [-0.2, 0) is 4.79 Å². The lowest BCUT2D eigenvalue weighted by molar-refractivity contribution is -0.125. The Balaban J connectivity index is 0.00000220. The van der Waals surface area contributed by atoms with Gasteiger partial charge < -0.3 is 16.4 Å². The van der Waals surface area contributed by atoms with Crippen molar-refractivity contribution in [3.05, 3.63) is 22.4 Å². The number of hydrogen-bond donors (Lipinski definition) is 3. The van der Waals surface area contributed by atoms with Crippen molar-refractivity contribution < 1.29 is 9.59 Å². The number of carbonyl (C=O) groups excluding carboxylic acids is 2. The maximum Gasteiger partial charge on any atom is 0.261 e. The minimum Gasteiger partial charge on any atom is -0.354 e. The zero-order chi connectivity index (χ0) is 14.4. The molecule has 1 aliphatic rings. The molecule has 7 heteroatoms. The summed E-state index contributed by atoms with van der Waals surface area (Å²) in [5.74, 6) is 0.349. The fourth-order valence-electron chi connectivity index (χ4n) is 2.65. The largest absolute Gasteiger partial charge is 0.354 e. The average Bonchev–Trinajstić information content (AvgIpc) is 3.12. The lowest BCUT2D eigenvalue weighted by Crippen LogP contribution is -2.39. The average molecular weight is 332 g/mol. The quantitative estimate of drug-likeness (QED) is 0.689. The smallest absolute Gasteiger partial charge is 0.261 e. The summed E-state index contributed by atoms with van der Waals surface area (Å²) in [4.78, 5) is 24.4. The number of carbonyl (C=O) groups is 2. The van der Waals surface area contributed by atoms with Gasteiger partial charge in [-0.2, -0.15) is 0 Å². The van der Waals surface area contributed by atoms with Crippen LogP contribution in [0.2, 0.25) is 0 Å². The minimum absolute atomic E-state index is 0. The predicted molar refractivity (Wildman–Crippen MR) is 86.8 cm³/mol. The molecule has 118 valence electrons. The standard InChI is InChI=1S/C14H21N3O2S.ClH/c15-9-10-3-1-4-11(10)13(18)16-6-7-17-14(19)12-5-2-8-20-12;/h2,5,8,10-11H,1,3-4,6-7,9,15H2,(H,16,18)(H,17,19);1H/t10-,11-;/m1./s1. The molecule has 5 nitrogen and oxygen atoms in total. The molecule has 1 aromatic heterocycles. The highest BCUT2D eigenvalue weighted by Crippen LogP contribution is 2.30. The molecule has 2 rings (SSSR count). The van der Waals surface area contributed by atoms with E-state index in [1.165, 1.54) is 11.3 Å². The van der Waals surface area contributed by atoms with Crippen LogP contribution in [0, 0.1) is 11.8 Å². The summed E-state index contributed by atoms with van der Waals surface area (Å²) in [5.41, 5.74) is 5.67. The maximum atomic E-state index is 12.0. The Kier molecular flexibility index (Phi) is 7.71. The summed E-state index contributed by atoms with van der Waals surface area (Å²) >= 11 is 1.41. The highest BCUT2D eigenvalue weighted by molar-refractivity contribution is 7.12. The van der Waals surface area contributed by atoms with Crippen molar-refractivity contribution in [3.63, 3.8) is 0 Å². The van der Waals surface area contributed by atoms with Gasteiger partial charge in [-0.3, -0.25) is 9.59 Å². The first-order valence-electron chi connectivity index (χ1n) is 7.02. The van der Waals surface area contributed by atoms with Crippen molar-refractivity contribution in [2.75, 3.05) is 19.6 Å². The minimum atomic E-state index is -0.0880. The SMILES string of the molecule is Cl.NC[C@H]1CCC[C@H]1C(=O)NCCNC(=O)c1cccs1. The van der Waals surface area contributed by atoms with Crippen molar-refractivity contribution in [2.24, 2.45) is 17.6 Å². The van der Waals surface area contributed by atoms with E-state index in [0.717, 1.165) is 19.3 Å². The van der Waals surface area contributed by atoms with Gasteiger partial charge in [0, 0.05) is 19.0 Å². The third-order valence-electron chi connectivity index (χ3n) is 3.75. The van der Waals surface area contributed by atoms with Gasteiger partial charge >= 0.3 is 0 Å². The molecule has 0 aliphatic heterocycles. The van der Waals surface area contributed by atoms with E-state index in [0.29, 0.717) is 30.4 Å².